The number of amides is 2. The van der Waals surface area contributed by atoms with Gasteiger partial charge in [-0.15, -0.1) is 0 Å². The molecule has 2 amide bonds. The number of aldehydes is 1. The average Bonchev–Trinajstić information content (AvgIpc) is 3.06. The van der Waals surface area contributed by atoms with Crippen LogP contribution >= 0.6 is 0 Å². The van der Waals surface area contributed by atoms with Crippen LogP contribution in [-0.4, -0.2) is 46.8 Å². The summed E-state index contributed by atoms with van der Waals surface area (Å²) in [7, 11) is 0. The molecule has 0 aliphatic carbocycles. The lowest BCUT2D eigenvalue weighted by Gasteiger charge is -2.48. The van der Waals surface area contributed by atoms with E-state index in [1.165, 1.54) is 9.80 Å². The zero-order valence-electron chi connectivity index (χ0n) is 14.0. The summed E-state index contributed by atoms with van der Waals surface area (Å²) in [4.78, 5) is 39.6. The van der Waals surface area contributed by atoms with Gasteiger partial charge in [-0.25, -0.2) is 4.79 Å². The smallest absolute Gasteiger partial charge is 0.411 e. The summed E-state index contributed by atoms with van der Waals surface area (Å²) in [5, 5.41) is 0. The molecular weight excluding hydrogens is 332 g/mol. The summed E-state index contributed by atoms with van der Waals surface area (Å²) in [5.74, 6) is -0.231. The van der Waals surface area contributed by atoms with Gasteiger partial charge in [-0.05, 0) is 11.1 Å². The second-order valence-electron chi connectivity index (χ2n) is 6.43. The van der Waals surface area contributed by atoms with Crippen LogP contribution in [0.5, 0.6) is 0 Å². The fourth-order valence-corrected chi connectivity index (χ4v) is 3.62. The third kappa shape index (κ3) is 2.63. The van der Waals surface area contributed by atoms with Gasteiger partial charge in [0.25, 0.3) is 0 Å². The Bertz CT molecular complexity index is 824. The molecule has 2 aromatic carbocycles. The molecule has 0 radical (unpaired) electrons. The Balaban J connectivity index is 1.57. The van der Waals surface area contributed by atoms with E-state index >= 15 is 0 Å². The molecule has 2 saturated heterocycles. The highest BCUT2D eigenvalue weighted by Crippen LogP contribution is 2.36. The summed E-state index contributed by atoms with van der Waals surface area (Å²) < 4.78 is 5.18. The lowest BCUT2D eigenvalue weighted by Crippen LogP contribution is -2.71. The maximum Gasteiger partial charge on any atom is 0.411 e. The van der Waals surface area contributed by atoms with Crippen LogP contribution in [0.2, 0.25) is 0 Å². The van der Waals surface area contributed by atoms with Crippen LogP contribution in [0.4, 0.5) is 4.79 Å². The van der Waals surface area contributed by atoms with Crippen molar-refractivity contribution < 1.29 is 19.1 Å². The molecule has 6 heteroatoms. The Morgan fingerprint density at radius 3 is 2.31 bits per heavy atom. The van der Waals surface area contributed by atoms with Crippen LogP contribution < -0.4 is 0 Å². The van der Waals surface area contributed by atoms with Gasteiger partial charge in [0.05, 0.1) is 6.04 Å². The van der Waals surface area contributed by atoms with Crippen molar-refractivity contribution in [1.29, 1.82) is 0 Å². The molecule has 2 heterocycles. The fraction of sp³-hybridized carbons (Fsp3) is 0.250. The van der Waals surface area contributed by atoms with E-state index in [1.54, 1.807) is 0 Å². The average molecular weight is 350 g/mol. The van der Waals surface area contributed by atoms with Gasteiger partial charge in [-0.1, -0.05) is 60.7 Å². The molecule has 26 heavy (non-hydrogen) atoms. The maximum atomic E-state index is 12.8. The van der Waals surface area contributed by atoms with E-state index in [-0.39, 0.29) is 18.6 Å². The maximum absolute atomic E-state index is 12.8. The van der Waals surface area contributed by atoms with E-state index in [1.807, 2.05) is 60.7 Å². The van der Waals surface area contributed by atoms with Gasteiger partial charge in [0, 0.05) is 6.54 Å². The first kappa shape index (κ1) is 16.3. The minimum Gasteiger partial charge on any atom is -0.447 e. The zero-order valence-corrected chi connectivity index (χ0v) is 14.0. The quantitative estimate of drug-likeness (QED) is 0.612. The Morgan fingerprint density at radius 2 is 1.65 bits per heavy atom. The second kappa shape index (κ2) is 6.63. The first-order chi connectivity index (χ1) is 12.7. The topological polar surface area (TPSA) is 66.9 Å². The first-order valence-corrected chi connectivity index (χ1v) is 8.50. The number of carbonyl (C=O) groups is 3. The number of nitrogens with zero attached hydrogens (tertiary/aromatic N) is 2. The second-order valence-corrected chi connectivity index (χ2v) is 6.43. The van der Waals surface area contributed by atoms with Crippen molar-refractivity contribution in [2.75, 3.05) is 6.61 Å². The standard InChI is InChI=1S/C20H18N2O4/c23-12-16-18(19(24)21(16)11-14-7-3-1-4-8-14)22-17(13-26-20(22)25)15-9-5-2-6-10-15/h1-10,12,16-18H,11,13H2/t16?,17-,18?/m1/s1. The highest BCUT2D eigenvalue weighted by Gasteiger charge is 2.56. The van der Waals surface area contributed by atoms with Crippen LogP contribution in [0.3, 0.4) is 0 Å². The van der Waals surface area contributed by atoms with Gasteiger partial charge in [-0.2, -0.15) is 0 Å². The van der Waals surface area contributed by atoms with Crippen LogP contribution in [0.25, 0.3) is 0 Å². The number of benzene rings is 2. The van der Waals surface area contributed by atoms with Gasteiger partial charge < -0.3 is 14.4 Å². The fourth-order valence-electron chi connectivity index (χ4n) is 3.62. The monoisotopic (exact) mass is 350 g/mol. The van der Waals surface area contributed by atoms with Crippen LogP contribution in [0.1, 0.15) is 17.2 Å². The Hall–Kier alpha value is -3.15. The van der Waals surface area contributed by atoms with Crippen molar-refractivity contribution in [3.05, 3.63) is 71.8 Å². The largest absolute Gasteiger partial charge is 0.447 e. The van der Waals surface area contributed by atoms with Gasteiger partial charge in [0.1, 0.15) is 25.0 Å². The molecule has 4 rings (SSSR count). The van der Waals surface area contributed by atoms with E-state index < -0.39 is 18.2 Å². The molecule has 2 unspecified atom stereocenters. The first-order valence-electron chi connectivity index (χ1n) is 8.50. The minimum atomic E-state index is -0.809. The summed E-state index contributed by atoms with van der Waals surface area (Å²) in [6, 6.07) is 17.0. The normalized spacial score (nSPS) is 25.0. The summed E-state index contributed by atoms with van der Waals surface area (Å²) in [6.07, 6.45) is 0.186. The number of cyclic esters (lactones) is 1. The van der Waals surface area contributed by atoms with Gasteiger partial charge >= 0.3 is 6.09 Å². The predicted octanol–water partition coefficient (Wildman–Crippen LogP) is 2.16. The van der Waals surface area contributed by atoms with E-state index in [0.717, 1.165) is 17.4 Å². The molecule has 2 fully saturated rings. The Kier molecular flexibility index (Phi) is 4.16. The number of carbonyl (C=O) groups excluding carboxylic acids is 3. The Morgan fingerprint density at radius 1 is 1.00 bits per heavy atom. The van der Waals surface area contributed by atoms with Gasteiger partial charge in [0.2, 0.25) is 5.91 Å². The Labute approximate surface area is 151 Å². The number of ether oxygens (including phenoxy) is 1. The van der Waals surface area contributed by atoms with Crippen molar-refractivity contribution in [2.24, 2.45) is 0 Å². The SMILES string of the molecule is O=CC1C(N2C(=O)OC[C@@H]2c2ccccc2)C(=O)N1Cc1ccccc1. The third-order valence-corrected chi connectivity index (χ3v) is 4.95. The van der Waals surface area contributed by atoms with Crippen molar-refractivity contribution in [3.63, 3.8) is 0 Å². The molecule has 0 N–H and O–H groups in total. The van der Waals surface area contributed by atoms with Crippen molar-refractivity contribution in [1.82, 2.24) is 9.80 Å². The number of β-lactam (4-membered cyclic amide) rings is 1. The van der Waals surface area contributed by atoms with Crippen LogP contribution in [0, 0.1) is 0 Å². The van der Waals surface area contributed by atoms with E-state index in [2.05, 4.69) is 0 Å². The van der Waals surface area contributed by atoms with Crippen molar-refractivity contribution in [2.45, 2.75) is 24.7 Å². The lowest BCUT2D eigenvalue weighted by molar-refractivity contribution is -0.161. The zero-order chi connectivity index (χ0) is 18.1. The molecule has 0 aromatic heterocycles. The molecule has 0 spiro atoms. The summed E-state index contributed by atoms with van der Waals surface area (Å²) in [6.45, 7) is 0.523. The molecule has 3 atom stereocenters. The van der Waals surface area contributed by atoms with Crippen LogP contribution in [0.15, 0.2) is 60.7 Å². The van der Waals surface area contributed by atoms with Crippen molar-refractivity contribution >= 4 is 18.3 Å². The highest BCUT2D eigenvalue weighted by molar-refractivity contribution is 5.98. The highest BCUT2D eigenvalue weighted by atomic mass is 16.6. The van der Waals surface area contributed by atoms with Gasteiger partial charge in [-0.3, -0.25) is 9.69 Å². The third-order valence-electron chi connectivity index (χ3n) is 4.95. The predicted molar refractivity (Wildman–Crippen MR) is 93.0 cm³/mol. The molecule has 2 aliphatic heterocycles. The van der Waals surface area contributed by atoms with E-state index in [0.29, 0.717) is 6.54 Å². The molecule has 0 saturated carbocycles. The molecule has 2 aromatic rings. The van der Waals surface area contributed by atoms with E-state index in [4.69, 9.17) is 4.74 Å². The number of likely N-dealkylation sites (tertiary alicyclic amines) is 1. The van der Waals surface area contributed by atoms with E-state index in [9.17, 15) is 14.4 Å². The summed E-state index contributed by atoms with van der Waals surface area (Å²) in [5.41, 5.74) is 1.83. The van der Waals surface area contributed by atoms with Crippen molar-refractivity contribution in [3.8, 4) is 0 Å². The van der Waals surface area contributed by atoms with Gasteiger partial charge in [0.15, 0.2) is 0 Å². The lowest BCUT2D eigenvalue weighted by atomic mass is 9.91. The molecule has 132 valence electrons. The number of hydrogen-bond donors (Lipinski definition) is 0. The molecular formula is C20H18N2O4. The number of hydrogen-bond acceptors (Lipinski definition) is 4. The number of rotatable bonds is 5. The molecule has 0 bridgehead atoms. The van der Waals surface area contributed by atoms with Crippen LogP contribution in [-0.2, 0) is 20.9 Å². The molecule has 2 aliphatic rings. The molecule has 6 nitrogen and oxygen atoms in total. The summed E-state index contributed by atoms with van der Waals surface area (Å²) >= 11 is 0. The minimum absolute atomic E-state index is 0.177.